The molecule has 0 aromatic carbocycles. The van der Waals surface area contributed by atoms with Crippen LogP contribution in [0.3, 0.4) is 0 Å². The molecule has 0 aliphatic carbocycles. The summed E-state index contributed by atoms with van der Waals surface area (Å²) in [5.74, 6) is 1.51. The van der Waals surface area contributed by atoms with Crippen molar-refractivity contribution in [3.05, 3.63) is 11.7 Å². The molecule has 0 amide bonds. The molecule has 0 spiro atoms. The lowest BCUT2D eigenvalue weighted by molar-refractivity contribution is 0.101. The van der Waals surface area contributed by atoms with Crippen molar-refractivity contribution in [3.63, 3.8) is 0 Å². The summed E-state index contributed by atoms with van der Waals surface area (Å²) in [6, 6.07) is 0.311. The zero-order valence-corrected chi connectivity index (χ0v) is 9.95. The van der Waals surface area contributed by atoms with E-state index in [4.69, 9.17) is 4.52 Å². The molecule has 84 valence electrons. The predicted molar refractivity (Wildman–Crippen MR) is 57.5 cm³/mol. The van der Waals surface area contributed by atoms with Crippen LogP contribution in [0, 0.1) is 6.92 Å². The highest BCUT2D eigenvalue weighted by Crippen LogP contribution is 2.36. The Hall–Kier alpha value is -0.900. The quantitative estimate of drug-likeness (QED) is 0.711. The molecule has 1 aromatic heterocycles. The molecule has 0 unspecified atom stereocenters. The van der Waals surface area contributed by atoms with Gasteiger partial charge in [0.05, 0.1) is 6.04 Å². The maximum Gasteiger partial charge on any atom is 0.244 e. The minimum absolute atomic E-state index is 0.170. The summed E-state index contributed by atoms with van der Waals surface area (Å²) < 4.78 is 5.27. The number of likely N-dealkylation sites (tertiary alicyclic amines) is 1. The van der Waals surface area contributed by atoms with E-state index in [0.29, 0.717) is 6.04 Å². The van der Waals surface area contributed by atoms with E-state index in [2.05, 4.69) is 35.8 Å². The van der Waals surface area contributed by atoms with E-state index >= 15 is 0 Å². The first-order valence-corrected chi connectivity index (χ1v) is 5.55. The van der Waals surface area contributed by atoms with E-state index in [1.165, 1.54) is 6.42 Å². The zero-order chi connectivity index (χ0) is 11.1. The van der Waals surface area contributed by atoms with E-state index in [0.717, 1.165) is 24.7 Å². The lowest BCUT2D eigenvalue weighted by Gasteiger charge is -2.35. The summed E-state index contributed by atoms with van der Waals surface area (Å²) in [4.78, 5) is 6.78. The van der Waals surface area contributed by atoms with Gasteiger partial charge in [-0.15, -0.1) is 0 Å². The van der Waals surface area contributed by atoms with Gasteiger partial charge < -0.3 is 4.52 Å². The topological polar surface area (TPSA) is 42.2 Å². The van der Waals surface area contributed by atoms with Crippen LogP contribution >= 0.6 is 0 Å². The summed E-state index contributed by atoms with van der Waals surface area (Å²) in [7, 11) is 0. The van der Waals surface area contributed by atoms with Crippen LogP contribution < -0.4 is 0 Å². The van der Waals surface area contributed by atoms with Gasteiger partial charge in [0.15, 0.2) is 5.82 Å². The molecule has 1 fully saturated rings. The van der Waals surface area contributed by atoms with Gasteiger partial charge in [-0.3, -0.25) is 4.90 Å². The normalized spacial score (nSPS) is 23.6. The summed E-state index contributed by atoms with van der Waals surface area (Å²) in [5, 5.41) is 3.86. The number of aromatic nitrogens is 2. The lowest BCUT2D eigenvalue weighted by Crippen LogP contribution is -2.40. The number of hydrogen-bond acceptors (Lipinski definition) is 4. The van der Waals surface area contributed by atoms with Gasteiger partial charge in [0, 0.05) is 5.54 Å². The van der Waals surface area contributed by atoms with Crippen LogP contribution in [-0.2, 0) is 0 Å². The van der Waals surface area contributed by atoms with Gasteiger partial charge in [-0.2, -0.15) is 4.98 Å². The average Bonchev–Trinajstić information content (AvgIpc) is 2.68. The maximum atomic E-state index is 5.27. The molecule has 1 atom stereocenters. The van der Waals surface area contributed by atoms with Crippen LogP contribution in [-0.4, -0.2) is 27.1 Å². The maximum absolute atomic E-state index is 5.27. The van der Waals surface area contributed by atoms with Crippen LogP contribution in [0.1, 0.15) is 51.4 Å². The van der Waals surface area contributed by atoms with Gasteiger partial charge in [-0.05, 0) is 47.1 Å². The van der Waals surface area contributed by atoms with Gasteiger partial charge in [0.2, 0.25) is 5.89 Å². The number of aryl methyl sites for hydroxylation is 1. The Bertz CT molecular complexity index is 340. The van der Waals surface area contributed by atoms with Crippen molar-refractivity contribution in [2.75, 3.05) is 6.54 Å². The second-order valence-electron chi connectivity index (χ2n) is 5.20. The van der Waals surface area contributed by atoms with E-state index in [1.807, 2.05) is 6.92 Å². The number of hydrogen-bond donors (Lipinski definition) is 0. The summed E-state index contributed by atoms with van der Waals surface area (Å²) in [6.45, 7) is 9.68. The Labute approximate surface area is 90.7 Å². The van der Waals surface area contributed by atoms with Crippen LogP contribution in [0.15, 0.2) is 4.52 Å². The Morgan fingerprint density at radius 3 is 2.67 bits per heavy atom. The molecule has 0 bridgehead atoms. The molecule has 1 saturated heterocycles. The van der Waals surface area contributed by atoms with Gasteiger partial charge in [-0.25, -0.2) is 0 Å². The Morgan fingerprint density at radius 1 is 1.40 bits per heavy atom. The lowest BCUT2D eigenvalue weighted by atomic mass is 10.0. The molecule has 0 saturated carbocycles. The fraction of sp³-hybridized carbons (Fsp3) is 0.818. The second kappa shape index (κ2) is 3.59. The van der Waals surface area contributed by atoms with Crippen molar-refractivity contribution in [3.8, 4) is 0 Å². The first kappa shape index (κ1) is 10.6. The van der Waals surface area contributed by atoms with Gasteiger partial charge in [-0.1, -0.05) is 5.16 Å². The van der Waals surface area contributed by atoms with Gasteiger partial charge in [0.1, 0.15) is 0 Å². The molecule has 15 heavy (non-hydrogen) atoms. The first-order valence-electron chi connectivity index (χ1n) is 5.55. The number of nitrogens with zero attached hydrogens (tertiary/aromatic N) is 3. The fourth-order valence-corrected chi connectivity index (χ4v) is 2.27. The highest BCUT2D eigenvalue weighted by atomic mass is 16.5. The van der Waals surface area contributed by atoms with Crippen LogP contribution in [0.5, 0.6) is 0 Å². The summed E-state index contributed by atoms with van der Waals surface area (Å²) in [5.41, 5.74) is 0.170. The van der Waals surface area contributed by atoms with Crippen LogP contribution in [0.4, 0.5) is 0 Å². The van der Waals surface area contributed by atoms with Crippen molar-refractivity contribution < 1.29 is 4.52 Å². The zero-order valence-electron chi connectivity index (χ0n) is 9.95. The third kappa shape index (κ3) is 2.04. The summed E-state index contributed by atoms with van der Waals surface area (Å²) >= 11 is 0. The van der Waals surface area contributed by atoms with E-state index in [9.17, 15) is 0 Å². The molecule has 1 aliphatic heterocycles. The smallest absolute Gasteiger partial charge is 0.244 e. The third-order valence-electron chi connectivity index (χ3n) is 2.94. The standard InChI is InChI=1S/C11H19N3O/c1-8-12-10(15-13-8)9-6-5-7-14(9)11(2,3)4/h9H,5-7H2,1-4H3/t9-/m0/s1. The minimum Gasteiger partial charge on any atom is -0.338 e. The molecule has 2 rings (SSSR count). The highest BCUT2D eigenvalue weighted by molar-refractivity contribution is 4.99. The Kier molecular flexibility index (Phi) is 2.54. The highest BCUT2D eigenvalue weighted by Gasteiger charge is 2.36. The molecule has 4 heteroatoms. The molecule has 2 heterocycles. The molecule has 1 aliphatic rings. The molecule has 1 aromatic rings. The number of rotatable bonds is 1. The molecular formula is C11H19N3O. The molecule has 0 N–H and O–H groups in total. The largest absolute Gasteiger partial charge is 0.338 e. The van der Waals surface area contributed by atoms with Crippen molar-refractivity contribution in [2.24, 2.45) is 0 Å². The molecule has 0 radical (unpaired) electrons. The predicted octanol–water partition coefficient (Wildman–Crippen LogP) is 2.31. The van der Waals surface area contributed by atoms with Crippen LogP contribution in [0.25, 0.3) is 0 Å². The second-order valence-corrected chi connectivity index (χ2v) is 5.20. The minimum atomic E-state index is 0.170. The summed E-state index contributed by atoms with van der Waals surface area (Å²) in [6.07, 6.45) is 2.34. The third-order valence-corrected chi connectivity index (χ3v) is 2.94. The van der Waals surface area contributed by atoms with E-state index in [1.54, 1.807) is 0 Å². The Morgan fingerprint density at radius 2 is 2.13 bits per heavy atom. The van der Waals surface area contributed by atoms with E-state index in [-0.39, 0.29) is 5.54 Å². The van der Waals surface area contributed by atoms with Gasteiger partial charge >= 0.3 is 0 Å². The fourth-order valence-electron chi connectivity index (χ4n) is 2.27. The first-order chi connectivity index (χ1) is 6.98. The van der Waals surface area contributed by atoms with Crippen molar-refractivity contribution in [1.82, 2.24) is 15.0 Å². The monoisotopic (exact) mass is 209 g/mol. The average molecular weight is 209 g/mol. The van der Waals surface area contributed by atoms with Crippen molar-refractivity contribution in [1.29, 1.82) is 0 Å². The SMILES string of the molecule is Cc1noc([C@@H]2CCCN2C(C)(C)C)n1. The van der Waals surface area contributed by atoms with Crippen molar-refractivity contribution >= 4 is 0 Å². The van der Waals surface area contributed by atoms with E-state index < -0.39 is 0 Å². The Balaban J connectivity index is 2.22. The van der Waals surface area contributed by atoms with Gasteiger partial charge in [0.25, 0.3) is 0 Å². The molecular weight excluding hydrogens is 190 g/mol. The molecule has 4 nitrogen and oxygen atoms in total. The van der Waals surface area contributed by atoms with Crippen molar-refractivity contribution in [2.45, 2.75) is 52.1 Å². The van der Waals surface area contributed by atoms with Crippen LogP contribution in [0.2, 0.25) is 0 Å².